The molecule has 0 saturated carbocycles. The molecule has 14 heavy (non-hydrogen) atoms. The summed E-state index contributed by atoms with van der Waals surface area (Å²) >= 11 is 0. The van der Waals surface area contributed by atoms with Crippen LogP contribution in [0, 0.1) is 0 Å². The fourth-order valence-electron chi connectivity index (χ4n) is 0.631. The van der Waals surface area contributed by atoms with Gasteiger partial charge in [0.2, 0.25) is 0 Å². The first-order chi connectivity index (χ1) is 6.65. The molecule has 0 aliphatic rings. The lowest BCUT2D eigenvalue weighted by molar-refractivity contribution is 0.330. The molecule has 0 bridgehead atoms. The van der Waals surface area contributed by atoms with Gasteiger partial charge in [-0.25, -0.2) is 0 Å². The maximum Gasteiger partial charge on any atom is 0.761 e. The van der Waals surface area contributed by atoms with E-state index < -0.39 is 9.17 Å². The first-order valence-corrected chi connectivity index (χ1v) is 5.68. The minimum atomic E-state index is -3.13. The summed E-state index contributed by atoms with van der Waals surface area (Å²) in [6, 6.07) is 0. The summed E-state index contributed by atoms with van der Waals surface area (Å²) in [4.78, 5) is 14.3. The largest absolute Gasteiger partial charge is 0.761 e. The van der Waals surface area contributed by atoms with Crippen molar-refractivity contribution in [1.29, 1.82) is 0 Å². The minimum Gasteiger partial charge on any atom is -0.511 e. The molecule has 0 saturated heterocycles. The second-order valence-electron chi connectivity index (χ2n) is 2.36. The molecule has 7 nitrogen and oxygen atoms in total. The number of rotatable bonds is 7. The summed E-state index contributed by atoms with van der Waals surface area (Å²) in [5.74, 6) is 0. The van der Waals surface area contributed by atoms with Crippen LogP contribution in [0.3, 0.4) is 0 Å². The summed E-state index contributed by atoms with van der Waals surface area (Å²) in [5, 5.41) is 6.33. The van der Waals surface area contributed by atoms with Gasteiger partial charge in [0.15, 0.2) is 0 Å². The van der Waals surface area contributed by atoms with E-state index in [2.05, 4.69) is 10.6 Å². The predicted octanol–water partition coefficient (Wildman–Crippen LogP) is -3.53. The molecule has 0 unspecified atom stereocenters. The van der Waals surface area contributed by atoms with Crippen molar-refractivity contribution in [3.8, 4) is 0 Å². The Balaban J connectivity index is 0. The van der Waals surface area contributed by atoms with Gasteiger partial charge in [-0.1, -0.05) is 0 Å². The average molecular weight is 224 g/mol. The quantitative estimate of drug-likeness (QED) is 0.195. The minimum absolute atomic E-state index is 0.705. The van der Waals surface area contributed by atoms with Crippen LogP contribution in [0.4, 0.5) is 0 Å². The van der Waals surface area contributed by atoms with Crippen LogP contribution in [0.25, 0.3) is 0 Å². The number of nitrogens with one attached hydrogen (secondary N) is 2. The van der Waals surface area contributed by atoms with Gasteiger partial charge in [0.1, 0.15) is 0 Å². The Kier molecular flexibility index (Phi) is 17.0. The average Bonchev–Trinajstić information content (AvgIpc) is 2.10. The first kappa shape index (κ1) is 15.9. The fourth-order valence-corrected chi connectivity index (χ4v) is 0.631. The van der Waals surface area contributed by atoms with E-state index in [9.17, 15) is 0 Å². The summed E-state index contributed by atoms with van der Waals surface area (Å²) < 4.78 is 8.74. The van der Waals surface area contributed by atoms with E-state index >= 15 is 0 Å². The molecule has 0 radical (unpaired) electrons. The van der Waals surface area contributed by atoms with Gasteiger partial charge in [-0.2, -0.15) is 0 Å². The summed E-state index contributed by atoms with van der Waals surface area (Å²) in [6.07, 6.45) is 0. The maximum atomic E-state index is 8.74. The maximum absolute atomic E-state index is 8.74. The smallest absolute Gasteiger partial charge is 0.511 e. The Morgan fingerprint density at radius 2 is 1.21 bits per heavy atom. The van der Waals surface area contributed by atoms with Crippen LogP contribution < -0.4 is 22.1 Å². The molecule has 86 valence electrons. The molecule has 8 N–H and O–H groups in total. The molecule has 0 spiro atoms. The molecule has 0 aliphatic heterocycles. The second-order valence-corrected chi connectivity index (χ2v) is 2.93. The van der Waals surface area contributed by atoms with Crippen molar-refractivity contribution in [3.05, 3.63) is 0 Å². The third kappa shape index (κ3) is 30.0. The zero-order valence-corrected chi connectivity index (χ0v) is 9.20. The van der Waals surface area contributed by atoms with Crippen molar-refractivity contribution in [2.75, 3.05) is 39.3 Å². The SMILES string of the molecule is NCCNCCNCCN.O=[Si](O)O. The van der Waals surface area contributed by atoms with Crippen LogP contribution in [0.15, 0.2) is 0 Å². The van der Waals surface area contributed by atoms with E-state index in [1.807, 2.05) is 0 Å². The van der Waals surface area contributed by atoms with Gasteiger partial charge in [0.05, 0.1) is 0 Å². The zero-order valence-electron chi connectivity index (χ0n) is 8.20. The van der Waals surface area contributed by atoms with Crippen LogP contribution in [-0.2, 0) is 4.46 Å². The molecule has 0 rings (SSSR count). The van der Waals surface area contributed by atoms with Gasteiger partial charge in [-0.15, -0.1) is 0 Å². The molecule has 0 atom stereocenters. The van der Waals surface area contributed by atoms with Crippen LogP contribution in [-0.4, -0.2) is 58.0 Å². The molecule has 0 aromatic carbocycles. The molecule has 8 heteroatoms. The van der Waals surface area contributed by atoms with E-state index in [0.717, 1.165) is 26.2 Å². The van der Waals surface area contributed by atoms with Gasteiger partial charge in [-0.3, -0.25) is 4.46 Å². The summed E-state index contributed by atoms with van der Waals surface area (Å²) in [5.41, 5.74) is 10.5. The van der Waals surface area contributed by atoms with Crippen molar-refractivity contribution in [1.82, 2.24) is 10.6 Å². The lowest BCUT2D eigenvalue weighted by Gasteiger charge is -2.03. The van der Waals surface area contributed by atoms with Crippen LogP contribution in [0.5, 0.6) is 0 Å². The standard InChI is InChI=1S/C6H18N4.H2O3Si/c7-1-3-9-5-6-10-4-2-8;1-4(2)3/h9-10H,1-8H2;1-2H. The van der Waals surface area contributed by atoms with Crippen molar-refractivity contribution in [2.24, 2.45) is 11.5 Å². The third-order valence-corrected chi connectivity index (χ3v) is 1.12. The Morgan fingerprint density at radius 3 is 1.43 bits per heavy atom. The highest BCUT2D eigenvalue weighted by atomic mass is 28.3. The van der Waals surface area contributed by atoms with Crippen molar-refractivity contribution >= 4 is 9.17 Å². The topological polar surface area (TPSA) is 134 Å². The molecule has 0 aliphatic carbocycles. The fraction of sp³-hybridized carbons (Fsp3) is 1.00. The summed E-state index contributed by atoms with van der Waals surface area (Å²) in [7, 11) is -3.13. The van der Waals surface area contributed by atoms with Gasteiger partial charge < -0.3 is 31.7 Å². The summed E-state index contributed by atoms with van der Waals surface area (Å²) in [6.45, 7) is 5.14. The predicted molar refractivity (Wildman–Crippen MR) is 54.7 cm³/mol. The lowest BCUT2D eigenvalue weighted by Crippen LogP contribution is -2.32. The Labute approximate surface area is 85.4 Å². The molecule has 0 heterocycles. The van der Waals surface area contributed by atoms with E-state index in [4.69, 9.17) is 25.5 Å². The van der Waals surface area contributed by atoms with E-state index in [-0.39, 0.29) is 0 Å². The van der Waals surface area contributed by atoms with E-state index in [1.165, 1.54) is 0 Å². The normalized spacial score (nSPS) is 9.00. The van der Waals surface area contributed by atoms with Crippen LogP contribution in [0.2, 0.25) is 0 Å². The highest BCUT2D eigenvalue weighted by Crippen LogP contribution is 1.57. The molecular weight excluding hydrogens is 204 g/mol. The van der Waals surface area contributed by atoms with Crippen LogP contribution >= 0.6 is 0 Å². The first-order valence-electron chi connectivity index (χ1n) is 4.38. The second kappa shape index (κ2) is 15.0. The zero-order chi connectivity index (χ0) is 11.2. The number of hydrogen-bond acceptors (Lipinski definition) is 5. The van der Waals surface area contributed by atoms with Gasteiger partial charge in [0.25, 0.3) is 0 Å². The third-order valence-electron chi connectivity index (χ3n) is 1.12. The number of nitrogens with two attached hydrogens (primary N) is 2. The van der Waals surface area contributed by atoms with E-state index in [0.29, 0.717) is 13.1 Å². The Bertz CT molecular complexity index is 116. The highest BCUT2D eigenvalue weighted by Gasteiger charge is 1.85. The Morgan fingerprint density at radius 1 is 0.929 bits per heavy atom. The van der Waals surface area contributed by atoms with Crippen LogP contribution in [0.1, 0.15) is 0 Å². The van der Waals surface area contributed by atoms with E-state index in [1.54, 1.807) is 0 Å². The highest BCUT2D eigenvalue weighted by molar-refractivity contribution is 6.22. The van der Waals surface area contributed by atoms with Gasteiger partial charge in [-0.05, 0) is 0 Å². The van der Waals surface area contributed by atoms with Gasteiger partial charge >= 0.3 is 9.17 Å². The molecule has 0 fully saturated rings. The molecule has 0 amide bonds. The molecular formula is C6H20N4O3Si. The molecule has 0 aromatic heterocycles. The van der Waals surface area contributed by atoms with Gasteiger partial charge in [0, 0.05) is 39.3 Å². The van der Waals surface area contributed by atoms with Crippen molar-refractivity contribution < 1.29 is 14.1 Å². The Hall–Kier alpha value is -0.543. The van der Waals surface area contributed by atoms with Crippen molar-refractivity contribution in [2.45, 2.75) is 0 Å². The number of hydrogen-bond donors (Lipinski definition) is 6. The van der Waals surface area contributed by atoms with Crippen molar-refractivity contribution in [3.63, 3.8) is 0 Å². The monoisotopic (exact) mass is 224 g/mol. The molecule has 0 aromatic rings. The lowest BCUT2D eigenvalue weighted by atomic mass is 10.5.